The molecule has 0 N–H and O–H groups in total. The molecule has 0 spiro atoms. The lowest BCUT2D eigenvalue weighted by Crippen LogP contribution is -1.93. The summed E-state index contributed by atoms with van der Waals surface area (Å²) < 4.78 is 2.53. The van der Waals surface area contributed by atoms with Crippen molar-refractivity contribution in [1.82, 2.24) is 19.7 Å². The normalized spacial score (nSPS) is 10.9. The Morgan fingerprint density at radius 2 is 1.90 bits per heavy atom. The van der Waals surface area contributed by atoms with E-state index in [2.05, 4.69) is 31.0 Å². The number of hydrogen-bond donors (Lipinski definition) is 0. The van der Waals surface area contributed by atoms with Crippen molar-refractivity contribution in [2.75, 3.05) is 0 Å². The van der Waals surface area contributed by atoms with Crippen molar-refractivity contribution < 1.29 is 0 Å². The van der Waals surface area contributed by atoms with Gasteiger partial charge in [0.15, 0.2) is 5.82 Å². The third kappa shape index (κ3) is 3.10. The van der Waals surface area contributed by atoms with E-state index in [1.54, 1.807) is 23.0 Å². The maximum absolute atomic E-state index is 6.11. The molecule has 0 aliphatic heterocycles. The number of aromatic nitrogens is 4. The molecule has 0 bridgehead atoms. The number of hydrogen-bond acceptors (Lipinski definition) is 3. The molecule has 3 aromatic rings. The Morgan fingerprint density at radius 3 is 2.57 bits per heavy atom. The predicted molar refractivity (Wildman–Crippen MR) is 87.4 cm³/mol. The van der Waals surface area contributed by atoms with Crippen molar-refractivity contribution >= 4 is 39.1 Å². The molecule has 0 fully saturated rings. The van der Waals surface area contributed by atoms with Crippen LogP contribution >= 0.6 is 39.1 Å². The van der Waals surface area contributed by atoms with E-state index < -0.39 is 0 Å². The molecule has 2 aromatic heterocycles. The summed E-state index contributed by atoms with van der Waals surface area (Å²) >= 11 is 15.6. The predicted octanol–water partition coefficient (Wildman–Crippen LogP) is 4.61. The second-order valence-corrected chi connectivity index (χ2v) is 6.08. The highest BCUT2D eigenvalue weighted by molar-refractivity contribution is 9.10. The molecule has 106 valence electrons. The van der Waals surface area contributed by atoms with Crippen LogP contribution in [0, 0.1) is 0 Å². The van der Waals surface area contributed by atoms with Crippen molar-refractivity contribution in [1.29, 1.82) is 0 Å². The number of benzene rings is 1. The number of rotatable bonds is 2. The highest BCUT2D eigenvalue weighted by atomic mass is 79.9. The summed E-state index contributed by atoms with van der Waals surface area (Å²) in [7, 11) is 1.85. The second kappa shape index (κ2) is 5.75. The van der Waals surface area contributed by atoms with Gasteiger partial charge in [0.25, 0.3) is 0 Å². The van der Waals surface area contributed by atoms with Gasteiger partial charge in [-0.1, -0.05) is 23.2 Å². The van der Waals surface area contributed by atoms with E-state index in [4.69, 9.17) is 23.2 Å². The van der Waals surface area contributed by atoms with Crippen LogP contribution in [0.3, 0.4) is 0 Å². The summed E-state index contributed by atoms with van der Waals surface area (Å²) in [5.74, 6) is 0.524. The van der Waals surface area contributed by atoms with Crippen LogP contribution in [0.25, 0.3) is 22.6 Å². The average Bonchev–Trinajstić information content (AvgIpc) is 2.88. The van der Waals surface area contributed by atoms with Gasteiger partial charge in [0.1, 0.15) is 5.15 Å². The first-order chi connectivity index (χ1) is 10.0. The van der Waals surface area contributed by atoms with Gasteiger partial charge in [0.2, 0.25) is 0 Å². The van der Waals surface area contributed by atoms with Crippen LogP contribution in [-0.2, 0) is 7.05 Å². The Labute approximate surface area is 139 Å². The third-order valence-electron chi connectivity index (χ3n) is 2.87. The van der Waals surface area contributed by atoms with Crippen molar-refractivity contribution in [3.05, 3.63) is 51.3 Å². The molecule has 0 saturated carbocycles. The van der Waals surface area contributed by atoms with Crippen molar-refractivity contribution in [3.8, 4) is 22.6 Å². The van der Waals surface area contributed by atoms with Gasteiger partial charge in [-0.3, -0.25) is 4.68 Å². The van der Waals surface area contributed by atoms with Crippen LogP contribution in [0.5, 0.6) is 0 Å². The zero-order chi connectivity index (χ0) is 15.0. The fourth-order valence-electron chi connectivity index (χ4n) is 1.88. The molecular formula is C14H9BrCl2N4. The number of halogens is 3. The standard InChI is InChI=1S/C14H9BrCl2N4/c1-21-7-9(6-18-21)12-5-13(17)20-14(19-12)8-2-3-10(15)11(16)4-8/h2-7H,1H3. The van der Waals surface area contributed by atoms with Crippen LogP contribution in [-0.4, -0.2) is 19.7 Å². The minimum atomic E-state index is 0.373. The molecule has 3 rings (SSSR count). The molecule has 0 aliphatic carbocycles. The smallest absolute Gasteiger partial charge is 0.161 e. The first-order valence-corrected chi connectivity index (χ1v) is 7.57. The van der Waals surface area contributed by atoms with Crippen LogP contribution in [0.2, 0.25) is 10.2 Å². The SMILES string of the molecule is Cn1cc(-c2cc(Cl)nc(-c3ccc(Br)c(Cl)c3)n2)cn1. The minimum Gasteiger partial charge on any atom is -0.275 e. The molecule has 1 aromatic carbocycles. The van der Waals surface area contributed by atoms with Gasteiger partial charge in [0.05, 0.1) is 16.9 Å². The third-order valence-corrected chi connectivity index (χ3v) is 4.30. The minimum absolute atomic E-state index is 0.373. The Morgan fingerprint density at radius 1 is 1.10 bits per heavy atom. The van der Waals surface area contributed by atoms with Crippen LogP contribution in [0.4, 0.5) is 0 Å². The van der Waals surface area contributed by atoms with Crippen molar-refractivity contribution in [3.63, 3.8) is 0 Å². The molecule has 0 saturated heterocycles. The topological polar surface area (TPSA) is 43.6 Å². The Bertz CT molecular complexity index is 816. The highest BCUT2D eigenvalue weighted by Crippen LogP contribution is 2.29. The number of nitrogens with zero attached hydrogens (tertiary/aromatic N) is 4. The summed E-state index contributed by atoms with van der Waals surface area (Å²) in [5, 5.41) is 5.11. The number of aryl methyl sites for hydroxylation is 1. The summed E-state index contributed by atoms with van der Waals surface area (Å²) in [4.78, 5) is 8.80. The zero-order valence-electron chi connectivity index (χ0n) is 10.9. The molecule has 0 amide bonds. The van der Waals surface area contributed by atoms with E-state index in [0.717, 1.165) is 21.3 Å². The van der Waals surface area contributed by atoms with Crippen LogP contribution in [0.15, 0.2) is 41.1 Å². The van der Waals surface area contributed by atoms with E-state index in [0.29, 0.717) is 16.0 Å². The lowest BCUT2D eigenvalue weighted by Gasteiger charge is -2.05. The van der Waals surface area contributed by atoms with E-state index >= 15 is 0 Å². The first-order valence-electron chi connectivity index (χ1n) is 6.02. The van der Waals surface area contributed by atoms with Gasteiger partial charge in [-0.15, -0.1) is 0 Å². The molecule has 0 aliphatic rings. The van der Waals surface area contributed by atoms with E-state index in [9.17, 15) is 0 Å². The van der Waals surface area contributed by atoms with E-state index in [-0.39, 0.29) is 0 Å². The molecule has 0 unspecified atom stereocenters. The van der Waals surface area contributed by atoms with Gasteiger partial charge in [-0.2, -0.15) is 5.10 Å². The Hall–Kier alpha value is -1.43. The molecule has 4 nitrogen and oxygen atoms in total. The second-order valence-electron chi connectivity index (χ2n) is 4.43. The molecule has 0 atom stereocenters. The fraction of sp³-hybridized carbons (Fsp3) is 0.0714. The fourth-order valence-corrected chi connectivity index (χ4v) is 2.49. The van der Waals surface area contributed by atoms with Gasteiger partial charge in [0, 0.05) is 34.9 Å². The molecular weight excluding hydrogens is 375 g/mol. The quantitative estimate of drug-likeness (QED) is 0.606. The molecule has 0 radical (unpaired) electrons. The van der Waals surface area contributed by atoms with Crippen molar-refractivity contribution in [2.45, 2.75) is 0 Å². The maximum atomic E-state index is 6.11. The molecule has 7 heteroatoms. The average molecular weight is 384 g/mol. The summed E-state index contributed by atoms with van der Waals surface area (Å²) in [6.07, 6.45) is 3.61. The van der Waals surface area contributed by atoms with E-state index in [1.165, 1.54) is 0 Å². The summed E-state index contributed by atoms with van der Waals surface area (Å²) in [6.45, 7) is 0. The first kappa shape index (κ1) is 14.5. The highest BCUT2D eigenvalue weighted by Gasteiger charge is 2.10. The van der Waals surface area contributed by atoms with Crippen molar-refractivity contribution in [2.24, 2.45) is 7.05 Å². The van der Waals surface area contributed by atoms with E-state index in [1.807, 2.05) is 25.4 Å². The lowest BCUT2D eigenvalue weighted by molar-refractivity contribution is 0.768. The van der Waals surface area contributed by atoms with Crippen LogP contribution in [0.1, 0.15) is 0 Å². The largest absolute Gasteiger partial charge is 0.275 e. The monoisotopic (exact) mass is 382 g/mol. The van der Waals surface area contributed by atoms with Crippen LogP contribution < -0.4 is 0 Å². The Balaban J connectivity index is 2.11. The van der Waals surface area contributed by atoms with Gasteiger partial charge in [-0.05, 0) is 34.1 Å². The summed E-state index contributed by atoms with van der Waals surface area (Å²) in [6, 6.07) is 7.24. The molecule has 2 heterocycles. The zero-order valence-corrected chi connectivity index (χ0v) is 14.0. The summed E-state index contributed by atoms with van der Waals surface area (Å²) in [5.41, 5.74) is 2.40. The Kier molecular flexibility index (Phi) is 3.97. The molecule has 21 heavy (non-hydrogen) atoms. The maximum Gasteiger partial charge on any atom is 0.161 e. The van der Waals surface area contributed by atoms with Gasteiger partial charge in [-0.25, -0.2) is 9.97 Å². The van der Waals surface area contributed by atoms with Gasteiger partial charge < -0.3 is 0 Å². The lowest BCUT2D eigenvalue weighted by atomic mass is 10.2. The van der Waals surface area contributed by atoms with Gasteiger partial charge >= 0.3 is 0 Å².